The zero-order chi connectivity index (χ0) is 36.1. The molecular weight excluding hydrogens is 681 g/mol. The van der Waals surface area contributed by atoms with Crippen LogP contribution in [-0.2, 0) is 49.1 Å². The third-order valence-corrected chi connectivity index (χ3v) is 11.7. The molecule has 12 nitrogen and oxygen atoms in total. The number of benzene rings is 3. The summed E-state index contributed by atoms with van der Waals surface area (Å²) in [6.45, 7) is 6.04. The Morgan fingerprint density at radius 2 is 1.72 bits per heavy atom. The highest BCUT2D eigenvalue weighted by Gasteiger charge is 2.30. The van der Waals surface area contributed by atoms with Gasteiger partial charge in [0.05, 0.1) is 34.4 Å². The second kappa shape index (κ2) is 15.9. The van der Waals surface area contributed by atoms with Gasteiger partial charge in [0.15, 0.2) is 5.78 Å². The average Bonchev–Trinajstić information content (AvgIpc) is 3.43. The van der Waals surface area contributed by atoms with E-state index in [-0.39, 0.29) is 29.0 Å². The van der Waals surface area contributed by atoms with Crippen LogP contribution in [0.15, 0.2) is 77.8 Å². The molecule has 3 heterocycles. The van der Waals surface area contributed by atoms with Gasteiger partial charge >= 0.3 is 0 Å². The Bertz CT molecular complexity index is 2040. The third-order valence-electron chi connectivity index (χ3n) is 9.11. The minimum Gasteiger partial charge on any atom is -0.381 e. The molecule has 1 amide bonds. The number of ether oxygens (including phenoxy) is 1. The van der Waals surface area contributed by atoms with Gasteiger partial charge < -0.3 is 19.9 Å². The Kier molecular flexibility index (Phi) is 11.8. The molecule has 0 saturated carbocycles. The number of ketones is 1. The molecule has 3 aromatic carbocycles. The van der Waals surface area contributed by atoms with Crippen molar-refractivity contribution >= 4 is 48.4 Å². The molecule has 0 aliphatic carbocycles. The summed E-state index contributed by atoms with van der Waals surface area (Å²) in [6, 6.07) is 18.5. The SMILES string of the molecule is CCn1cc2c3c(cc(C(=O)N[C@@H](Cc4ccccc4)C(=O)CNC4CCOCC4)cc31)N(C)S(=O)(=O)CC2.Cc1ccc(S(=O)(=O)O)cc1. The number of amides is 1. The van der Waals surface area contributed by atoms with Gasteiger partial charge in [-0.25, -0.2) is 8.42 Å². The number of carbonyl (C=O) groups is 2. The molecule has 1 saturated heterocycles. The number of rotatable bonds is 10. The number of sulfonamides is 1. The van der Waals surface area contributed by atoms with Gasteiger partial charge in [0.1, 0.15) is 0 Å². The van der Waals surface area contributed by atoms with E-state index in [1.807, 2.05) is 54.9 Å². The molecule has 2 aliphatic rings. The average molecular weight is 725 g/mol. The molecule has 0 unspecified atom stereocenters. The normalized spacial score (nSPS) is 16.6. The first-order chi connectivity index (χ1) is 23.8. The standard InChI is InChI=1S/C29H36N4O5S.C7H8O3S/c1-3-33-19-21-11-14-39(36,37)32(2)25-16-22(17-26(33)28(21)25)29(35)31-24(15-20-7-5-4-6-8-20)27(34)18-30-23-9-12-38-13-10-23;1-6-2-4-7(5-3-6)11(8,9)10/h4-8,16-17,19,23-24,30H,3,9-15,18H2,1-2H3,(H,31,35);2-5H,1H3,(H,8,9,10)/t24-;/m0./s1. The van der Waals surface area contributed by atoms with Crippen molar-refractivity contribution in [1.29, 1.82) is 0 Å². The summed E-state index contributed by atoms with van der Waals surface area (Å²) in [7, 11) is -6.00. The molecule has 6 rings (SSSR count). The van der Waals surface area contributed by atoms with E-state index in [9.17, 15) is 26.4 Å². The van der Waals surface area contributed by atoms with E-state index >= 15 is 0 Å². The number of anilines is 1. The molecule has 0 bridgehead atoms. The van der Waals surface area contributed by atoms with Crippen molar-refractivity contribution in [1.82, 2.24) is 15.2 Å². The number of nitrogens with zero attached hydrogens (tertiary/aromatic N) is 2. The summed E-state index contributed by atoms with van der Waals surface area (Å²) in [5.41, 5.74) is 4.48. The van der Waals surface area contributed by atoms with Gasteiger partial charge in [0, 0.05) is 50.0 Å². The van der Waals surface area contributed by atoms with E-state index in [0.717, 1.165) is 40.4 Å². The Labute approximate surface area is 293 Å². The smallest absolute Gasteiger partial charge is 0.294 e. The van der Waals surface area contributed by atoms with E-state index in [2.05, 4.69) is 10.6 Å². The highest BCUT2D eigenvalue weighted by atomic mass is 32.2. The van der Waals surface area contributed by atoms with Gasteiger partial charge in [0.25, 0.3) is 16.0 Å². The van der Waals surface area contributed by atoms with Crippen molar-refractivity contribution in [2.45, 2.75) is 63.1 Å². The molecule has 2 aliphatic heterocycles. The van der Waals surface area contributed by atoms with Crippen molar-refractivity contribution in [3.8, 4) is 0 Å². The van der Waals surface area contributed by atoms with E-state index in [1.165, 1.54) is 23.5 Å². The van der Waals surface area contributed by atoms with E-state index in [1.54, 1.807) is 24.3 Å². The Balaban J connectivity index is 0.000000377. The van der Waals surface area contributed by atoms with E-state index in [0.29, 0.717) is 43.9 Å². The molecule has 0 radical (unpaired) electrons. The summed E-state index contributed by atoms with van der Waals surface area (Å²) in [5, 5.41) is 7.16. The lowest BCUT2D eigenvalue weighted by atomic mass is 10.0. The monoisotopic (exact) mass is 724 g/mol. The zero-order valence-electron chi connectivity index (χ0n) is 28.5. The van der Waals surface area contributed by atoms with Crippen molar-refractivity contribution in [2.75, 3.05) is 36.9 Å². The summed E-state index contributed by atoms with van der Waals surface area (Å²) >= 11 is 0. The van der Waals surface area contributed by atoms with Crippen molar-refractivity contribution in [3.05, 3.63) is 95.2 Å². The zero-order valence-corrected chi connectivity index (χ0v) is 30.1. The number of hydrogen-bond donors (Lipinski definition) is 3. The lowest BCUT2D eigenvalue weighted by molar-refractivity contribution is -0.120. The molecule has 1 fully saturated rings. The van der Waals surface area contributed by atoms with Crippen LogP contribution >= 0.6 is 0 Å². The van der Waals surface area contributed by atoms with Gasteiger partial charge in [-0.15, -0.1) is 0 Å². The minimum absolute atomic E-state index is 0.0102. The maximum absolute atomic E-state index is 13.7. The molecule has 0 spiro atoms. The van der Waals surface area contributed by atoms with Crippen LogP contribution in [0.4, 0.5) is 5.69 Å². The number of Topliss-reactive ketones (excluding diaryl/α,β-unsaturated/α-hetero) is 1. The highest BCUT2D eigenvalue weighted by molar-refractivity contribution is 7.92. The first kappa shape index (κ1) is 37.2. The minimum atomic E-state index is -4.02. The first-order valence-electron chi connectivity index (χ1n) is 16.6. The predicted molar refractivity (Wildman–Crippen MR) is 193 cm³/mol. The highest BCUT2D eigenvalue weighted by Crippen LogP contribution is 2.37. The lowest BCUT2D eigenvalue weighted by Crippen LogP contribution is -2.48. The third kappa shape index (κ3) is 8.98. The largest absolute Gasteiger partial charge is 0.381 e. The van der Waals surface area contributed by atoms with Crippen LogP contribution in [0.2, 0.25) is 0 Å². The van der Waals surface area contributed by atoms with Crippen molar-refractivity contribution < 1.29 is 35.7 Å². The van der Waals surface area contributed by atoms with Gasteiger partial charge in [-0.3, -0.25) is 18.4 Å². The number of hydrogen-bond acceptors (Lipinski definition) is 8. The lowest BCUT2D eigenvalue weighted by Gasteiger charge is -2.25. The fourth-order valence-electron chi connectivity index (χ4n) is 6.16. The van der Waals surface area contributed by atoms with Crippen LogP contribution in [0.5, 0.6) is 0 Å². The molecule has 268 valence electrons. The molecule has 4 aromatic rings. The van der Waals surface area contributed by atoms with Crippen LogP contribution in [0, 0.1) is 6.92 Å². The number of nitrogens with one attached hydrogen (secondary N) is 2. The quantitative estimate of drug-likeness (QED) is 0.206. The summed E-state index contributed by atoms with van der Waals surface area (Å²) in [4.78, 5) is 27.0. The first-order valence-corrected chi connectivity index (χ1v) is 19.7. The fraction of sp³-hybridized carbons (Fsp3) is 0.389. The summed E-state index contributed by atoms with van der Waals surface area (Å²) < 4.78 is 64.0. The Morgan fingerprint density at radius 3 is 2.36 bits per heavy atom. The summed E-state index contributed by atoms with van der Waals surface area (Å²) in [5.74, 6) is -0.498. The topological polar surface area (TPSA) is 164 Å². The molecule has 14 heteroatoms. The van der Waals surface area contributed by atoms with E-state index in [4.69, 9.17) is 9.29 Å². The Morgan fingerprint density at radius 1 is 1.04 bits per heavy atom. The van der Waals surface area contributed by atoms with Crippen LogP contribution < -0.4 is 14.9 Å². The van der Waals surface area contributed by atoms with Crippen LogP contribution in [0.3, 0.4) is 0 Å². The Hall–Kier alpha value is -4.08. The molecular formula is C36H44N4O8S2. The van der Waals surface area contributed by atoms with Crippen molar-refractivity contribution in [2.24, 2.45) is 0 Å². The predicted octanol–water partition coefficient (Wildman–Crippen LogP) is 3.90. The molecule has 3 N–H and O–H groups in total. The van der Waals surface area contributed by atoms with Crippen LogP contribution in [-0.4, -0.2) is 82.3 Å². The molecule has 1 aromatic heterocycles. The van der Waals surface area contributed by atoms with Crippen LogP contribution in [0.25, 0.3) is 10.9 Å². The van der Waals surface area contributed by atoms with Gasteiger partial charge in [0.2, 0.25) is 10.0 Å². The second-order valence-corrected chi connectivity index (χ2v) is 16.1. The summed E-state index contributed by atoms with van der Waals surface area (Å²) in [6.07, 6.45) is 4.46. The number of aryl methyl sites for hydroxylation is 3. The van der Waals surface area contributed by atoms with Gasteiger partial charge in [-0.2, -0.15) is 8.42 Å². The van der Waals surface area contributed by atoms with Gasteiger partial charge in [-0.05, 0) is 74.9 Å². The molecule has 50 heavy (non-hydrogen) atoms. The number of aromatic nitrogens is 1. The van der Waals surface area contributed by atoms with Crippen molar-refractivity contribution in [3.63, 3.8) is 0 Å². The maximum Gasteiger partial charge on any atom is 0.294 e. The number of carbonyl (C=O) groups excluding carboxylic acids is 2. The molecule has 1 atom stereocenters. The van der Waals surface area contributed by atoms with Gasteiger partial charge in [-0.1, -0.05) is 48.0 Å². The second-order valence-electron chi connectivity index (χ2n) is 12.6. The van der Waals surface area contributed by atoms with Crippen LogP contribution in [0.1, 0.15) is 46.8 Å². The maximum atomic E-state index is 13.7. The fourth-order valence-corrected chi connectivity index (χ4v) is 7.84. The van der Waals surface area contributed by atoms with E-state index < -0.39 is 32.1 Å².